The van der Waals surface area contributed by atoms with Gasteiger partial charge in [-0.2, -0.15) is 8.42 Å². The molecule has 9 heteroatoms. The van der Waals surface area contributed by atoms with Gasteiger partial charge in [-0.3, -0.25) is 4.79 Å². The number of rotatable bonds is 5. The lowest BCUT2D eigenvalue weighted by atomic mass is 10.4. The molecule has 0 spiro atoms. The molecule has 0 radical (unpaired) electrons. The third-order valence-corrected chi connectivity index (χ3v) is 3.84. The number of sulfonamides is 1. The zero-order valence-electron chi connectivity index (χ0n) is 10.9. The summed E-state index contributed by atoms with van der Waals surface area (Å²) < 4.78 is 35.7. The first-order chi connectivity index (χ1) is 9.92. The van der Waals surface area contributed by atoms with Gasteiger partial charge in [0.25, 0.3) is 10.0 Å². The summed E-state index contributed by atoms with van der Waals surface area (Å²) in [7, 11) is -2.62. The van der Waals surface area contributed by atoms with E-state index in [1.165, 1.54) is 37.6 Å². The summed E-state index contributed by atoms with van der Waals surface area (Å²) in [4.78, 5) is 15.5. The fourth-order valence-corrected chi connectivity index (χ4v) is 2.47. The topological polar surface area (TPSA) is 98.5 Å². The van der Waals surface area contributed by atoms with Gasteiger partial charge in [-0.15, -0.1) is 0 Å². The highest BCUT2D eigenvalue weighted by molar-refractivity contribution is 7.90. The van der Waals surface area contributed by atoms with Crippen molar-refractivity contribution in [1.82, 2.24) is 9.71 Å². The molecule has 0 unspecified atom stereocenters. The van der Waals surface area contributed by atoms with Gasteiger partial charge in [0.2, 0.25) is 0 Å². The molecule has 2 heterocycles. The molecule has 0 aliphatic rings. The highest BCUT2D eigenvalue weighted by Gasteiger charge is 2.22. The summed E-state index contributed by atoms with van der Waals surface area (Å²) in [6.07, 6.45) is 1.17. The van der Waals surface area contributed by atoms with E-state index in [4.69, 9.17) is 20.8 Å². The van der Waals surface area contributed by atoms with Crippen molar-refractivity contribution in [1.29, 1.82) is 0 Å². The van der Waals surface area contributed by atoms with E-state index in [2.05, 4.69) is 4.98 Å². The molecule has 7 nitrogen and oxygen atoms in total. The number of nitrogens with one attached hydrogen (secondary N) is 1. The molecule has 0 aromatic carbocycles. The zero-order chi connectivity index (χ0) is 15.5. The van der Waals surface area contributed by atoms with Crippen molar-refractivity contribution < 1.29 is 22.4 Å². The van der Waals surface area contributed by atoms with Crippen LogP contribution in [0, 0.1) is 0 Å². The van der Waals surface area contributed by atoms with Gasteiger partial charge in [-0.05, 0) is 24.3 Å². The Morgan fingerprint density at radius 3 is 2.76 bits per heavy atom. The molecule has 0 aliphatic heterocycles. The molecule has 0 saturated heterocycles. The molecule has 0 fully saturated rings. The van der Waals surface area contributed by atoms with Gasteiger partial charge in [0, 0.05) is 13.3 Å². The standard InChI is InChI=1S/C12H11ClN2O5S/c1-19-7-9-3-4-10(20-9)12(16)15-21(17,18)11-5-2-8(13)6-14-11/h2-6H,7H2,1H3,(H,15,16). The average Bonchev–Trinajstić information content (AvgIpc) is 2.88. The Labute approximate surface area is 125 Å². The summed E-state index contributed by atoms with van der Waals surface area (Å²) in [5.41, 5.74) is 0. The first kappa shape index (κ1) is 15.5. The smallest absolute Gasteiger partial charge is 0.300 e. The van der Waals surface area contributed by atoms with E-state index >= 15 is 0 Å². The van der Waals surface area contributed by atoms with Gasteiger partial charge in [-0.1, -0.05) is 11.6 Å². The second-order valence-corrected chi connectivity index (χ2v) is 6.01. The van der Waals surface area contributed by atoms with Crippen molar-refractivity contribution in [2.45, 2.75) is 11.6 Å². The van der Waals surface area contributed by atoms with E-state index in [9.17, 15) is 13.2 Å². The number of pyridine rings is 1. The third-order valence-electron chi connectivity index (χ3n) is 2.37. The summed E-state index contributed by atoms with van der Waals surface area (Å²) >= 11 is 5.62. The average molecular weight is 331 g/mol. The van der Waals surface area contributed by atoms with Crippen LogP contribution in [0.15, 0.2) is 39.9 Å². The molecule has 2 aromatic heterocycles. The molecule has 0 atom stereocenters. The van der Waals surface area contributed by atoms with Crippen molar-refractivity contribution in [2.75, 3.05) is 7.11 Å². The number of halogens is 1. The zero-order valence-corrected chi connectivity index (χ0v) is 12.4. The second-order valence-electron chi connectivity index (χ2n) is 3.95. The van der Waals surface area contributed by atoms with Gasteiger partial charge < -0.3 is 9.15 Å². The highest BCUT2D eigenvalue weighted by atomic mass is 35.5. The van der Waals surface area contributed by atoms with Crippen LogP contribution in [0.3, 0.4) is 0 Å². The number of hydrogen-bond donors (Lipinski definition) is 1. The van der Waals surface area contributed by atoms with E-state index in [0.29, 0.717) is 5.76 Å². The van der Waals surface area contributed by atoms with Crippen LogP contribution in [0.2, 0.25) is 5.02 Å². The SMILES string of the molecule is COCc1ccc(C(=O)NS(=O)(=O)c2ccc(Cl)cn2)o1. The summed E-state index contributed by atoms with van der Waals surface area (Å²) in [5.74, 6) is -0.627. The summed E-state index contributed by atoms with van der Waals surface area (Å²) in [6, 6.07) is 5.42. The maximum Gasteiger partial charge on any atom is 0.300 e. The second kappa shape index (κ2) is 6.25. The molecule has 0 bridgehead atoms. The van der Waals surface area contributed by atoms with Gasteiger partial charge in [0.1, 0.15) is 12.4 Å². The predicted molar refractivity (Wildman–Crippen MR) is 73.3 cm³/mol. The van der Waals surface area contributed by atoms with Gasteiger partial charge in [0.15, 0.2) is 10.8 Å². The molecule has 2 aromatic rings. The first-order valence-corrected chi connectivity index (χ1v) is 7.55. The number of hydrogen-bond acceptors (Lipinski definition) is 6. The van der Waals surface area contributed by atoms with Crippen molar-refractivity contribution >= 4 is 27.5 Å². The van der Waals surface area contributed by atoms with Gasteiger partial charge >= 0.3 is 5.91 Å². The number of carbonyl (C=O) groups excluding carboxylic acids is 1. The lowest BCUT2D eigenvalue weighted by Gasteiger charge is -2.04. The molecule has 21 heavy (non-hydrogen) atoms. The van der Waals surface area contributed by atoms with Crippen molar-refractivity contribution in [3.05, 3.63) is 47.0 Å². The maximum absolute atomic E-state index is 12.0. The van der Waals surface area contributed by atoms with Gasteiger partial charge in [0.05, 0.1) is 5.02 Å². The monoisotopic (exact) mass is 330 g/mol. The van der Waals surface area contributed by atoms with Crippen LogP contribution < -0.4 is 4.72 Å². The fourth-order valence-electron chi connectivity index (χ4n) is 1.47. The number of aromatic nitrogens is 1. The van der Waals surface area contributed by atoms with Crippen LogP contribution in [-0.4, -0.2) is 26.4 Å². The van der Waals surface area contributed by atoms with E-state index in [1.54, 1.807) is 0 Å². The molecular formula is C12H11ClN2O5S. The fraction of sp³-hybridized carbons (Fsp3) is 0.167. The first-order valence-electron chi connectivity index (χ1n) is 5.69. The minimum absolute atomic E-state index is 0.139. The predicted octanol–water partition coefficient (Wildman–Crippen LogP) is 1.59. The summed E-state index contributed by atoms with van der Waals surface area (Å²) in [5, 5.41) is -0.0283. The van der Waals surface area contributed by atoms with Crippen molar-refractivity contribution in [3.63, 3.8) is 0 Å². The largest absolute Gasteiger partial charge is 0.453 e. The van der Waals surface area contributed by atoms with Crippen LogP contribution in [0.1, 0.15) is 16.3 Å². The number of carbonyl (C=O) groups is 1. The third kappa shape index (κ3) is 3.81. The minimum Gasteiger partial charge on any atom is -0.453 e. The Hall–Kier alpha value is -1.90. The lowest BCUT2D eigenvalue weighted by molar-refractivity contribution is 0.0945. The Kier molecular flexibility index (Phi) is 4.61. The van der Waals surface area contributed by atoms with Crippen LogP contribution in [0.4, 0.5) is 0 Å². The Morgan fingerprint density at radius 2 is 2.14 bits per heavy atom. The van der Waals surface area contributed by atoms with E-state index in [0.717, 1.165) is 0 Å². The van der Waals surface area contributed by atoms with E-state index < -0.39 is 15.9 Å². The summed E-state index contributed by atoms with van der Waals surface area (Å²) in [6.45, 7) is 0.179. The lowest BCUT2D eigenvalue weighted by Crippen LogP contribution is -2.30. The number of ether oxygens (including phenoxy) is 1. The highest BCUT2D eigenvalue weighted by Crippen LogP contribution is 2.12. The van der Waals surface area contributed by atoms with E-state index in [1.807, 2.05) is 4.72 Å². The number of methoxy groups -OCH3 is 1. The Bertz CT molecular complexity index is 739. The molecule has 1 N–H and O–H groups in total. The maximum atomic E-state index is 12.0. The molecule has 2 rings (SSSR count). The van der Waals surface area contributed by atoms with Crippen LogP contribution in [-0.2, 0) is 21.4 Å². The Morgan fingerprint density at radius 1 is 1.38 bits per heavy atom. The quantitative estimate of drug-likeness (QED) is 0.894. The van der Waals surface area contributed by atoms with Crippen LogP contribution in [0.5, 0.6) is 0 Å². The van der Waals surface area contributed by atoms with Gasteiger partial charge in [-0.25, -0.2) is 9.71 Å². The Balaban J connectivity index is 2.15. The van der Waals surface area contributed by atoms with Crippen LogP contribution in [0.25, 0.3) is 0 Å². The molecule has 0 aliphatic carbocycles. The molecule has 1 amide bonds. The van der Waals surface area contributed by atoms with Crippen LogP contribution >= 0.6 is 11.6 Å². The molecule has 0 saturated carbocycles. The molecule has 112 valence electrons. The van der Waals surface area contributed by atoms with Crippen molar-refractivity contribution in [2.24, 2.45) is 0 Å². The minimum atomic E-state index is -4.09. The molecular weight excluding hydrogens is 320 g/mol. The van der Waals surface area contributed by atoms with Crippen molar-refractivity contribution in [3.8, 4) is 0 Å². The number of furan rings is 1. The number of nitrogens with zero attached hydrogens (tertiary/aromatic N) is 1. The van der Waals surface area contributed by atoms with E-state index in [-0.39, 0.29) is 22.4 Å². The normalized spacial score (nSPS) is 11.3. The number of amides is 1.